The van der Waals surface area contributed by atoms with E-state index in [9.17, 15) is 9.59 Å². The first kappa shape index (κ1) is 19.2. The fraction of sp³-hybridized carbons (Fsp3) is 0.267. The van der Waals surface area contributed by atoms with Crippen LogP contribution < -0.4 is 16.4 Å². The fourth-order valence-corrected chi connectivity index (χ4v) is 2.10. The Balaban J connectivity index is 0.00000132. The summed E-state index contributed by atoms with van der Waals surface area (Å²) in [4.78, 5) is 27.8. The fourth-order valence-electron chi connectivity index (χ4n) is 2.10. The first-order chi connectivity index (χ1) is 10.1. The van der Waals surface area contributed by atoms with Gasteiger partial charge in [0, 0.05) is 11.6 Å². The average molecular weight is 357 g/mol. The lowest BCUT2D eigenvalue weighted by Crippen LogP contribution is -2.45. The maximum atomic E-state index is 11.9. The van der Waals surface area contributed by atoms with Crippen molar-refractivity contribution in [3.05, 3.63) is 36.5 Å². The third kappa shape index (κ3) is 4.31. The van der Waals surface area contributed by atoms with Crippen molar-refractivity contribution < 1.29 is 9.59 Å². The van der Waals surface area contributed by atoms with Crippen LogP contribution in [0.4, 0.5) is 5.69 Å². The van der Waals surface area contributed by atoms with E-state index in [1.54, 1.807) is 12.3 Å². The number of halogens is 2. The lowest BCUT2D eigenvalue weighted by atomic mass is 10.2. The normalized spacial score (nSPS) is 14.1. The number of amides is 2. The highest BCUT2D eigenvalue weighted by Crippen LogP contribution is 2.31. The second-order valence-corrected chi connectivity index (χ2v) is 5.27. The summed E-state index contributed by atoms with van der Waals surface area (Å²) in [5, 5.41) is 6.25. The number of anilines is 1. The van der Waals surface area contributed by atoms with Crippen LogP contribution in [-0.4, -0.2) is 28.9 Å². The van der Waals surface area contributed by atoms with Gasteiger partial charge in [-0.15, -0.1) is 24.8 Å². The van der Waals surface area contributed by atoms with Crippen LogP contribution in [0.1, 0.15) is 12.8 Å². The first-order valence-corrected chi connectivity index (χ1v) is 6.79. The van der Waals surface area contributed by atoms with Gasteiger partial charge in [-0.25, -0.2) is 0 Å². The Labute approximate surface area is 146 Å². The van der Waals surface area contributed by atoms with Crippen molar-refractivity contribution in [3.8, 4) is 0 Å². The smallest absolute Gasteiger partial charge is 0.243 e. The number of para-hydroxylation sites is 1. The Morgan fingerprint density at radius 3 is 2.57 bits per heavy atom. The van der Waals surface area contributed by atoms with Crippen molar-refractivity contribution in [2.45, 2.75) is 18.4 Å². The number of nitrogens with zero attached hydrogens (tertiary/aromatic N) is 1. The van der Waals surface area contributed by atoms with E-state index in [0.29, 0.717) is 18.5 Å². The molecule has 0 radical (unpaired) electrons. The second kappa shape index (κ2) is 7.59. The largest absolute Gasteiger partial charge is 0.345 e. The van der Waals surface area contributed by atoms with E-state index < -0.39 is 5.54 Å². The Morgan fingerprint density at radius 2 is 1.87 bits per heavy atom. The summed E-state index contributed by atoms with van der Waals surface area (Å²) in [6, 6.07) is 9.30. The number of rotatable bonds is 4. The van der Waals surface area contributed by atoms with Crippen LogP contribution in [0.15, 0.2) is 36.5 Å². The first-order valence-electron chi connectivity index (χ1n) is 6.79. The van der Waals surface area contributed by atoms with Crippen LogP contribution >= 0.6 is 24.8 Å². The molecular weight excluding hydrogens is 339 g/mol. The van der Waals surface area contributed by atoms with Crippen molar-refractivity contribution in [3.63, 3.8) is 0 Å². The standard InChI is InChI=1S/C15H16N4O2.2ClH/c16-15(6-7-15)14(21)18-9-12(20)19-11-5-1-3-10-4-2-8-17-13(10)11;;/h1-5,8H,6-7,9,16H2,(H,18,21)(H,19,20);2*1H. The van der Waals surface area contributed by atoms with E-state index in [2.05, 4.69) is 15.6 Å². The van der Waals surface area contributed by atoms with E-state index >= 15 is 0 Å². The molecule has 2 aromatic rings. The summed E-state index contributed by atoms with van der Waals surface area (Å²) in [7, 11) is 0. The molecular formula is C15H18Cl2N4O2. The molecule has 1 aromatic carbocycles. The van der Waals surface area contributed by atoms with Crippen molar-refractivity contribution in [1.29, 1.82) is 0 Å². The highest BCUT2D eigenvalue weighted by molar-refractivity contribution is 6.02. The van der Waals surface area contributed by atoms with Gasteiger partial charge in [0.1, 0.15) is 0 Å². The van der Waals surface area contributed by atoms with Gasteiger partial charge in [0.15, 0.2) is 0 Å². The molecule has 0 bridgehead atoms. The zero-order chi connectivity index (χ0) is 14.9. The average Bonchev–Trinajstić information content (AvgIpc) is 3.24. The molecule has 0 unspecified atom stereocenters. The molecule has 1 heterocycles. The van der Waals surface area contributed by atoms with Crippen LogP contribution in [0.25, 0.3) is 10.9 Å². The predicted octanol–water partition coefficient (Wildman–Crippen LogP) is 1.62. The second-order valence-electron chi connectivity index (χ2n) is 5.27. The molecule has 0 saturated heterocycles. The molecule has 1 aliphatic rings. The molecule has 0 spiro atoms. The highest BCUT2D eigenvalue weighted by atomic mass is 35.5. The molecule has 3 rings (SSSR count). The van der Waals surface area contributed by atoms with E-state index in [1.807, 2.05) is 24.3 Å². The van der Waals surface area contributed by atoms with Crippen LogP contribution in [0.5, 0.6) is 0 Å². The minimum absolute atomic E-state index is 0. The van der Waals surface area contributed by atoms with Crippen molar-refractivity contribution >= 4 is 53.2 Å². The molecule has 0 aliphatic heterocycles. The van der Waals surface area contributed by atoms with Crippen LogP contribution in [0.2, 0.25) is 0 Å². The molecule has 1 saturated carbocycles. The SMILES string of the molecule is Cl.Cl.NC1(C(=O)NCC(=O)Nc2cccc3cccnc23)CC1. The Morgan fingerprint density at radius 1 is 1.17 bits per heavy atom. The number of benzene rings is 1. The molecule has 8 heteroatoms. The number of aromatic nitrogens is 1. The van der Waals surface area contributed by atoms with Gasteiger partial charge in [-0.05, 0) is 25.0 Å². The maximum absolute atomic E-state index is 11.9. The zero-order valence-electron chi connectivity index (χ0n) is 12.2. The number of nitrogens with two attached hydrogens (primary N) is 1. The Kier molecular flexibility index (Phi) is 6.32. The summed E-state index contributed by atoms with van der Waals surface area (Å²) in [6.07, 6.45) is 3.02. The lowest BCUT2D eigenvalue weighted by Gasteiger charge is -2.11. The van der Waals surface area contributed by atoms with Crippen LogP contribution in [0, 0.1) is 0 Å². The number of hydrogen-bond acceptors (Lipinski definition) is 4. The Hall–Kier alpha value is -1.89. The van der Waals surface area contributed by atoms with E-state index in [-0.39, 0.29) is 43.2 Å². The van der Waals surface area contributed by atoms with Crippen LogP contribution in [0.3, 0.4) is 0 Å². The summed E-state index contributed by atoms with van der Waals surface area (Å²) < 4.78 is 0. The summed E-state index contributed by atoms with van der Waals surface area (Å²) >= 11 is 0. The quantitative estimate of drug-likeness (QED) is 0.775. The summed E-state index contributed by atoms with van der Waals surface area (Å²) in [6.45, 7) is -0.0962. The van der Waals surface area contributed by atoms with E-state index in [4.69, 9.17) is 5.73 Å². The number of carbonyl (C=O) groups excluding carboxylic acids is 2. The molecule has 6 nitrogen and oxygen atoms in total. The van der Waals surface area contributed by atoms with E-state index in [0.717, 1.165) is 10.9 Å². The van der Waals surface area contributed by atoms with Gasteiger partial charge in [-0.1, -0.05) is 18.2 Å². The van der Waals surface area contributed by atoms with Gasteiger partial charge in [0.05, 0.1) is 23.3 Å². The molecule has 1 fully saturated rings. The third-order valence-corrected chi connectivity index (χ3v) is 3.56. The highest BCUT2D eigenvalue weighted by Gasteiger charge is 2.45. The molecule has 4 N–H and O–H groups in total. The number of carbonyl (C=O) groups is 2. The van der Waals surface area contributed by atoms with Gasteiger partial charge in [-0.2, -0.15) is 0 Å². The molecule has 2 amide bonds. The number of hydrogen-bond donors (Lipinski definition) is 3. The van der Waals surface area contributed by atoms with Crippen molar-refractivity contribution in [1.82, 2.24) is 10.3 Å². The van der Waals surface area contributed by atoms with Gasteiger partial charge in [-0.3, -0.25) is 14.6 Å². The monoisotopic (exact) mass is 356 g/mol. The molecule has 1 aromatic heterocycles. The van der Waals surface area contributed by atoms with Gasteiger partial charge in [0.2, 0.25) is 11.8 Å². The topological polar surface area (TPSA) is 97.1 Å². The van der Waals surface area contributed by atoms with Gasteiger partial charge < -0.3 is 16.4 Å². The molecule has 124 valence electrons. The summed E-state index contributed by atoms with van der Waals surface area (Å²) in [5.41, 5.74) is 6.33. The number of nitrogens with one attached hydrogen (secondary N) is 2. The maximum Gasteiger partial charge on any atom is 0.243 e. The summed E-state index contributed by atoms with van der Waals surface area (Å²) in [5.74, 6) is -0.570. The van der Waals surface area contributed by atoms with E-state index in [1.165, 1.54) is 0 Å². The van der Waals surface area contributed by atoms with Crippen molar-refractivity contribution in [2.75, 3.05) is 11.9 Å². The molecule has 1 aliphatic carbocycles. The Bertz CT molecular complexity index is 714. The number of pyridine rings is 1. The minimum Gasteiger partial charge on any atom is -0.345 e. The minimum atomic E-state index is -0.763. The van der Waals surface area contributed by atoms with Crippen molar-refractivity contribution in [2.24, 2.45) is 5.73 Å². The van der Waals surface area contributed by atoms with Gasteiger partial charge in [0.25, 0.3) is 0 Å². The molecule has 0 atom stereocenters. The van der Waals surface area contributed by atoms with Crippen LogP contribution in [-0.2, 0) is 9.59 Å². The lowest BCUT2D eigenvalue weighted by molar-refractivity contribution is -0.125. The molecule has 23 heavy (non-hydrogen) atoms. The third-order valence-electron chi connectivity index (χ3n) is 3.56. The predicted molar refractivity (Wildman–Crippen MR) is 94.0 cm³/mol. The van der Waals surface area contributed by atoms with Gasteiger partial charge >= 0.3 is 0 Å². The number of fused-ring (bicyclic) bond motifs is 1. The zero-order valence-corrected chi connectivity index (χ0v) is 13.9.